The fourth-order valence-electron chi connectivity index (χ4n) is 3.84. The van der Waals surface area contributed by atoms with E-state index >= 15 is 0 Å². The third-order valence-electron chi connectivity index (χ3n) is 5.37. The Hall–Kier alpha value is -3.80. The van der Waals surface area contributed by atoms with Crippen molar-refractivity contribution in [3.8, 4) is 5.75 Å². The summed E-state index contributed by atoms with van der Waals surface area (Å²) in [6.07, 6.45) is 0.256. The quantitative estimate of drug-likeness (QED) is 0.642. The van der Waals surface area contributed by atoms with Gasteiger partial charge in [-0.1, -0.05) is 66.7 Å². The first kappa shape index (κ1) is 20.5. The Morgan fingerprint density at radius 2 is 1.61 bits per heavy atom. The number of benzene rings is 3. The molecule has 1 aliphatic heterocycles. The van der Waals surface area contributed by atoms with Crippen LogP contribution in [0.5, 0.6) is 5.75 Å². The molecule has 6 heteroatoms. The predicted octanol–water partition coefficient (Wildman–Crippen LogP) is 3.89. The maximum atomic E-state index is 12.8. The molecule has 1 saturated heterocycles. The van der Waals surface area contributed by atoms with E-state index in [1.165, 1.54) is 0 Å². The summed E-state index contributed by atoms with van der Waals surface area (Å²) in [6, 6.07) is 26.2. The Morgan fingerprint density at radius 1 is 0.968 bits per heavy atom. The molecule has 4 rings (SSSR count). The van der Waals surface area contributed by atoms with E-state index in [0.717, 1.165) is 16.8 Å². The van der Waals surface area contributed by atoms with Crippen molar-refractivity contribution in [3.05, 3.63) is 96.1 Å². The molecule has 0 bridgehead atoms. The highest BCUT2D eigenvalue weighted by atomic mass is 16.5. The molecule has 6 nitrogen and oxygen atoms in total. The number of ether oxygens (including phenoxy) is 1. The summed E-state index contributed by atoms with van der Waals surface area (Å²) in [5.74, 6) is 0.661. The Bertz CT molecular complexity index is 1000. The lowest BCUT2D eigenvalue weighted by Crippen LogP contribution is -2.44. The van der Waals surface area contributed by atoms with Crippen LogP contribution in [0.3, 0.4) is 0 Å². The summed E-state index contributed by atoms with van der Waals surface area (Å²) >= 11 is 0. The summed E-state index contributed by atoms with van der Waals surface area (Å²) in [7, 11) is 1.59. The second kappa shape index (κ2) is 9.34. The first-order valence-corrected chi connectivity index (χ1v) is 10.3. The number of urea groups is 1. The molecule has 3 aromatic carbocycles. The van der Waals surface area contributed by atoms with Gasteiger partial charge in [0.05, 0.1) is 19.2 Å². The standard InChI is InChI=1S/C25H25N3O3/c1-31-22-14-8-13-21(16-22)28-17-20(15-23(28)29)26-25(30)27-24(18-9-4-2-5-10-18)19-11-6-3-7-12-19/h2-14,16,20,24H,15,17H2,1H3,(H2,26,27,30)/t20-/m0/s1. The predicted molar refractivity (Wildman–Crippen MR) is 120 cm³/mol. The number of hydrogen-bond acceptors (Lipinski definition) is 3. The molecule has 1 fully saturated rings. The lowest BCUT2D eigenvalue weighted by Gasteiger charge is -2.22. The van der Waals surface area contributed by atoms with Crippen LogP contribution >= 0.6 is 0 Å². The zero-order valence-corrected chi connectivity index (χ0v) is 17.3. The Kier molecular flexibility index (Phi) is 6.17. The highest BCUT2D eigenvalue weighted by Gasteiger charge is 2.32. The van der Waals surface area contributed by atoms with E-state index in [-0.39, 0.29) is 30.4 Å². The summed E-state index contributed by atoms with van der Waals surface area (Å²) in [5.41, 5.74) is 2.74. The van der Waals surface area contributed by atoms with Gasteiger partial charge in [0.15, 0.2) is 0 Å². The first-order valence-electron chi connectivity index (χ1n) is 10.3. The van der Waals surface area contributed by atoms with Gasteiger partial charge in [-0.2, -0.15) is 0 Å². The zero-order chi connectivity index (χ0) is 21.6. The van der Waals surface area contributed by atoms with Crippen LogP contribution in [0.25, 0.3) is 0 Å². The molecule has 3 amide bonds. The molecular weight excluding hydrogens is 390 g/mol. The molecule has 1 heterocycles. The van der Waals surface area contributed by atoms with Crippen LogP contribution in [0.15, 0.2) is 84.9 Å². The Labute approximate surface area is 181 Å². The van der Waals surface area contributed by atoms with Crippen LogP contribution in [0.4, 0.5) is 10.5 Å². The Morgan fingerprint density at radius 3 is 2.23 bits per heavy atom. The number of methoxy groups -OCH3 is 1. The van der Waals surface area contributed by atoms with Crippen LogP contribution in [-0.4, -0.2) is 31.6 Å². The van der Waals surface area contributed by atoms with E-state index in [4.69, 9.17) is 4.74 Å². The van der Waals surface area contributed by atoms with E-state index in [1.54, 1.807) is 12.0 Å². The van der Waals surface area contributed by atoms with Gasteiger partial charge in [0.25, 0.3) is 0 Å². The molecule has 1 atom stereocenters. The SMILES string of the molecule is COc1cccc(N2C[C@@H](NC(=O)NC(c3ccccc3)c3ccccc3)CC2=O)c1. The van der Waals surface area contributed by atoms with Crippen LogP contribution in [0.2, 0.25) is 0 Å². The van der Waals surface area contributed by atoms with Crippen molar-refractivity contribution in [2.45, 2.75) is 18.5 Å². The molecule has 2 N–H and O–H groups in total. The van der Waals surface area contributed by atoms with Gasteiger partial charge in [0.2, 0.25) is 5.91 Å². The van der Waals surface area contributed by atoms with Gasteiger partial charge < -0.3 is 20.3 Å². The molecule has 0 radical (unpaired) electrons. The van der Waals surface area contributed by atoms with Crippen LogP contribution < -0.4 is 20.3 Å². The van der Waals surface area contributed by atoms with Crippen molar-refractivity contribution in [2.75, 3.05) is 18.6 Å². The minimum atomic E-state index is -0.303. The van der Waals surface area contributed by atoms with E-state index in [1.807, 2.05) is 84.9 Å². The smallest absolute Gasteiger partial charge is 0.315 e. The molecule has 0 saturated carbocycles. The third kappa shape index (κ3) is 4.86. The lowest BCUT2D eigenvalue weighted by molar-refractivity contribution is -0.117. The van der Waals surface area contributed by atoms with Crippen LogP contribution in [-0.2, 0) is 4.79 Å². The maximum absolute atomic E-state index is 12.8. The van der Waals surface area contributed by atoms with Gasteiger partial charge >= 0.3 is 6.03 Å². The van der Waals surface area contributed by atoms with E-state index < -0.39 is 0 Å². The van der Waals surface area contributed by atoms with Gasteiger partial charge in [-0.05, 0) is 23.3 Å². The van der Waals surface area contributed by atoms with Crippen LogP contribution in [0, 0.1) is 0 Å². The summed E-state index contributed by atoms with van der Waals surface area (Å²) in [5, 5.41) is 6.03. The minimum absolute atomic E-state index is 0.0266. The molecule has 158 valence electrons. The number of carbonyl (C=O) groups is 2. The van der Waals surface area contributed by atoms with Crippen molar-refractivity contribution >= 4 is 17.6 Å². The van der Waals surface area contributed by atoms with Crippen molar-refractivity contribution in [3.63, 3.8) is 0 Å². The molecule has 0 spiro atoms. The Balaban J connectivity index is 1.44. The number of rotatable bonds is 6. The van der Waals surface area contributed by atoms with Crippen LogP contribution in [0.1, 0.15) is 23.6 Å². The molecule has 1 aliphatic rings. The van der Waals surface area contributed by atoms with E-state index in [9.17, 15) is 9.59 Å². The topological polar surface area (TPSA) is 70.7 Å². The largest absolute Gasteiger partial charge is 0.497 e. The van der Waals surface area contributed by atoms with E-state index in [2.05, 4.69) is 10.6 Å². The number of carbonyl (C=O) groups excluding carboxylic acids is 2. The minimum Gasteiger partial charge on any atom is -0.497 e. The molecule has 0 aliphatic carbocycles. The number of amides is 3. The average Bonchev–Trinajstić information content (AvgIpc) is 3.18. The van der Waals surface area contributed by atoms with E-state index in [0.29, 0.717) is 12.3 Å². The van der Waals surface area contributed by atoms with Gasteiger partial charge in [0, 0.05) is 24.7 Å². The van der Waals surface area contributed by atoms with Crippen molar-refractivity contribution in [2.24, 2.45) is 0 Å². The van der Waals surface area contributed by atoms with Crippen molar-refractivity contribution < 1.29 is 14.3 Å². The molecular formula is C25H25N3O3. The maximum Gasteiger partial charge on any atom is 0.315 e. The average molecular weight is 415 g/mol. The highest BCUT2D eigenvalue weighted by Crippen LogP contribution is 2.26. The second-order valence-corrected chi connectivity index (χ2v) is 7.48. The van der Waals surface area contributed by atoms with Gasteiger partial charge in [-0.25, -0.2) is 4.79 Å². The highest BCUT2D eigenvalue weighted by molar-refractivity contribution is 5.97. The normalized spacial score (nSPS) is 15.7. The summed E-state index contributed by atoms with van der Waals surface area (Å²) in [6.45, 7) is 0.417. The number of nitrogens with one attached hydrogen (secondary N) is 2. The van der Waals surface area contributed by atoms with Crippen molar-refractivity contribution in [1.82, 2.24) is 10.6 Å². The summed E-state index contributed by atoms with van der Waals surface area (Å²) < 4.78 is 5.25. The number of hydrogen-bond donors (Lipinski definition) is 2. The third-order valence-corrected chi connectivity index (χ3v) is 5.37. The molecule has 0 unspecified atom stereocenters. The fourth-order valence-corrected chi connectivity index (χ4v) is 3.84. The molecule has 31 heavy (non-hydrogen) atoms. The zero-order valence-electron chi connectivity index (χ0n) is 17.3. The monoisotopic (exact) mass is 415 g/mol. The number of anilines is 1. The molecule has 0 aromatic heterocycles. The molecule has 3 aromatic rings. The summed E-state index contributed by atoms with van der Waals surface area (Å²) in [4.78, 5) is 27.1. The number of nitrogens with zero attached hydrogens (tertiary/aromatic N) is 1. The lowest BCUT2D eigenvalue weighted by atomic mass is 9.99. The van der Waals surface area contributed by atoms with Gasteiger partial charge in [-0.15, -0.1) is 0 Å². The van der Waals surface area contributed by atoms with Crippen molar-refractivity contribution in [1.29, 1.82) is 0 Å². The first-order chi connectivity index (χ1) is 15.1. The second-order valence-electron chi connectivity index (χ2n) is 7.48. The van der Waals surface area contributed by atoms with Gasteiger partial charge in [-0.3, -0.25) is 4.79 Å². The fraction of sp³-hybridized carbons (Fsp3) is 0.200. The van der Waals surface area contributed by atoms with Gasteiger partial charge in [0.1, 0.15) is 5.75 Å².